The van der Waals surface area contributed by atoms with E-state index in [-0.39, 0.29) is 5.91 Å². The Labute approximate surface area is 136 Å². The third-order valence-electron chi connectivity index (χ3n) is 3.83. The topological polar surface area (TPSA) is 65.8 Å². The van der Waals surface area contributed by atoms with Gasteiger partial charge in [-0.3, -0.25) is 4.79 Å². The van der Waals surface area contributed by atoms with Crippen molar-refractivity contribution in [1.82, 2.24) is 10.3 Å². The molecule has 1 N–H and O–H groups in total. The van der Waals surface area contributed by atoms with E-state index in [2.05, 4.69) is 23.3 Å². The largest absolute Gasteiger partial charge is 0.355 e. The van der Waals surface area contributed by atoms with Gasteiger partial charge in [0, 0.05) is 12.2 Å². The Morgan fingerprint density at radius 2 is 2.23 bits per heavy atom. The Morgan fingerprint density at radius 1 is 1.41 bits per heavy atom. The maximum absolute atomic E-state index is 11.8. The summed E-state index contributed by atoms with van der Waals surface area (Å²) in [6, 6.07) is 4.18. The smallest absolute Gasteiger partial charge is 0.230 e. The maximum Gasteiger partial charge on any atom is 0.230 e. The summed E-state index contributed by atoms with van der Waals surface area (Å²) in [5.41, 5.74) is 2.91. The van der Waals surface area contributed by atoms with Gasteiger partial charge in [0.25, 0.3) is 0 Å². The zero-order valence-electron chi connectivity index (χ0n) is 13.2. The molecule has 1 aromatic heterocycles. The van der Waals surface area contributed by atoms with Gasteiger partial charge in [0.2, 0.25) is 5.91 Å². The minimum atomic E-state index is 0.0181. The van der Waals surface area contributed by atoms with Crippen molar-refractivity contribution in [3.63, 3.8) is 0 Å². The zero-order valence-corrected chi connectivity index (χ0v) is 14.0. The fourth-order valence-corrected chi connectivity index (χ4v) is 3.40. The molecule has 0 spiro atoms. The molecule has 1 aliphatic carbocycles. The zero-order chi connectivity index (χ0) is 15.8. The number of aromatic nitrogens is 1. The van der Waals surface area contributed by atoms with Crippen molar-refractivity contribution < 1.29 is 4.79 Å². The fourth-order valence-electron chi connectivity index (χ4n) is 2.59. The number of hydrogen-bond acceptors (Lipinski definition) is 4. The quantitative estimate of drug-likeness (QED) is 0.619. The Balaban J connectivity index is 1.92. The summed E-state index contributed by atoms with van der Waals surface area (Å²) in [5, 5.41) is 12.9. The molecule has 0 atom stereocenters. The van der Waals surface area contributed by atoms with Crippen LogP contribution in [0.3, 0.4) is 0 Å². The highest BCUT2D eigenvalue weighted by Crippen LogP contribution is 2.27. The molecule has 0 unspecified atom stereocenters. The number of unbranched alkanes of at least 4 members (excludes halogenated alkanes) is 2. The van der Waals surface area contributed by atoms with Gasteiger partial charge in [-0.1, -0.05) is 31.5 Å². The van der Waals surface area contributed by atoms with Crippen molar-refractivity contribution in [2.75, 3.05) is 12.3 Å². The van der Waals surface area contributed by atoms with Crippen LogP contribution < -0.4 is 5.32 Å². The first-order chi connectivity index (χ1) is 10.7. The number of nitriles is 1. The molecule has 0 saturated heterocycles. The lowest BCUT2D eigenvalue weighted by molar-refractivity contribution is -0.118. The van der Waals surface area contributed by atoms with Crippen molar-refractivity contribution in [3.05, 3.63) is 22.9 Å². The second-order valence-corrected chi connectivity index (χ2v) is 6.58. The SMILES string of the molecule is CCCCCNC(=O)CSc1nc2c(cc1C#N)CCCC2. The number of thioether (sulfide) groups is 1. The molecule has 22 heavy (non-hydrogen) atoms. The number of aryl methyl sites for hydroxylation is 2. The second-order valence-electron chi connectivity index (χ2n) is 5.61. The summed E-state index contributed by atoms with van der Waals surface area (Å²) in [6.07, 6.45) is 7.64. The third-order valence-corrected chi connectivity index (χ3v) is 4.82. The van der Waals surface area contributed by atoms with Crippen LogP contribution in [0.5, 0.6) is 0 Å². The van der Waals surface area contributed by atoms with Crippen LogP contribution in [0.2, 0.25) is 0 Å². The van der Waals surface area contributed by atoms with Crippen LogP contribution in [-0.2, 0) is 17.6 Å². The molecule has 0 saturated carbocycles. The van der Waals surface area contributed by atoms with Gasteiger partial charge in [0.15, 0.2) is 0 Å². The summed E-state index contributed by atoms with van der Waals surface area (Å²) in [7, 11) is 0. The Bertz CT molecular complexity index is 566. The van der Waals surface area contributed by atoms with Crippen molar-refractivity contribution in [3.8, 4) is 6.07 Å². The molecule has 1 amide bonds. The summed E-state index contributed by atoms with van der Waals surface area (Å²) in [6.45, 7) is 2.87. The van der Waals surface area contributed by atoms with Crippen LogP contribution in [0.4, 0.5) is 0 Å². The number of hydrogen-bond donors (Lipinski definition) is 1. The minimum absolute atomic E-state index is 0.0181. The Kier molecular flexibility index (Phi) is 6.73. The van der Waals surface area contributed by atoms with Crippen LogP contribution in [0.1, 0.15) is 55.8 Å². The number of rotatable bonds is 7. The normalized spacial score (nSPS) is 13.3. The van der Waals surface area contributed by atoms with E-state index in [0.29, 0.717) is 16.3 Å². The first kappa shape index (κ1) is 16.8. The number of carbonyl (C=O) groups is 1. The highest BCUT2D eigenvalue weighted by atomic mass is 32.2. The number of pyridine rings is 1. The molecule has 1 aliphatic rings. The number of nitrogens with one attached hydrogen (secondary N) is 1. The molecule has 118 valence electrons. The van der Waals surface area contributed by atoms with E-state index in [9.17, 15) is 10.1 Å². The van der Waals surface area contributed by atoms with E-state index < -0.39 is 0 Å². The lowest BCUT2D eigenvalue weighted by Gasteiger charge is -2.16. The minimum Gasteiger partial charge on any atom is -0.355 e. The standard InChI is InChI=1S/C17H23N3OS/c1-2-3-6-9-19-16(21)12-22-17-14(11-18)10-13-7-4-5-8-15(13)20-17/h10H,2-9,12H2,1H3,(H,19,21). The van der Waals surface area contributed by atoms with Crippen LogP contribution in [0.25, 0.3) is 0 Å². The van der Waals surface area contributed by atoms with Crippen molar-refractivity contribution >= 4 is 17.7 Å². The Hall–Kier alpha value is -1.54. The predicted molar refractivity (Wildman–Crippen MR) is 88.9 cm³/mol. The van der Waals surface area contributed by atoms with Crippen LogP contribution >= 0.6 is 11.8 Å². The highest BCUT2D eigenvalue weighted by Gasteiger charge is 2.16. The molecule has 1 aromatic rings. The number of fused-ring (bicyclic) bond motifs is 1. The maximum atomic E-state index is 11.8. The molecule has 0 aromatic carbocycles. The monoisotopic (exact) mass is 317 g/mol. The molecular weight excluding hydrogens is 294 g/mol. The summed E-state index contributed by atoms with van der Waals surface area (Å²) in [4.78, 5) is 16.5. The van der Waals surface area contributed by atoms with Crippen molar-refractivity contribution in [2.45, 2.75) is 56.9 Å². The molecular formula is C17H23N3OS. The van der Waals surface area contributed by atoms with Crippen LogP contribution in [0.15, 0.2) is 11.1 Å². The number of nitrogens with zero attached hydrogens (tertiary/aromatic N) is 2. The van der Waals surface area contributed by atoms with Gasteiger partial charge >= 0.3 is 0 Å². The summed E-state index contributed by atoms with van der Waals surface area (Å²) < 4.78 is 0. The lowest BCUT2D eigenvalue weighted by Crippen LogP contribution is -2.26. The third kappa shape index (κ3) is 4.74. The van der Waals surface area contributed by atoms with Gasteiger partial charge in [-0.05, 0) is 43.7 Å². The molecule has 4 nitrogen and oxygen atoms in total. The van der Waals surface area contributed by atoms with E-state index in [1.54, 1.807) is 0 Å². The lowest BCUT2D eigenvalue weighted by atomic mass is 9.95. The van der Waals surface area contributed by atoms with Crippen LogP contribution in [-0.4, -0.2) is 23.2 Å². The van der Waals surface area contributed by atoms with Gasteiger partial charge in [-0.25, -0.2) is 4.98 Å². The average Bonchev–Trinajstić information content (AvgIpc) is 2.56. The highest BCUT2D eigenvalue weighted by molar-refractivity contribution is 8.00. The van der Waals surface area contributed by atoms with Gasteiger partial charge < -0.3 is 5.32 Å². The molecule has 2 rings (SSSR count). The van der Waals surface area contributed by atoms with Gasteiger partial charge in [-0.2, -0.15) is 5.26 Å². The Morgan fingerprint density at radius 3 is 3.00 bits per heavy atom. The van der Waals surface area contributed by atoms with Gasteiger partial charge in [0.05, 0.1) is 11.3 Å². The van der Waals surface area contributed by atoms with Crippen molar-refractivity contribution in [1.29, 1.82) is 5.26 Å². The molecule has 0 radical (unpaired) electrons. The molecule has 0 fully saturated rings. The van der Waals surface area contributed by atoms with E-state index in [0.717, 1.165) is 50.8 Å². The first-order valence-electron chi connectivity index (χ1n) is 8.07. The van der Waals surface area contributed by atoms with Gasteiger partial charge in [0.1, 0.15) is 11.1 Å². The van der Waals surface area contributed by atoms with Crippen LogP contribution in [0, 0.1) is 11.3 Å². The molecule has 1 heterocycles. The molecule has 5 heteroatoms. The summed E-state index contributed by atoms with van der Waals surface area (Å²) >= 11 is 1.37. The van der Waals surface area contributed by atoms with Gasteiger partial charge in [-0.15, -0.1) is 0 Å². The van der Waals surface area contributed by atoms with E-state index >= 15 is 0 Å². The fraction of sp³-hybridized carbons (Fsp3) is 0.588. The number of carbonyl (C=O) groups excluding carboxylic acids is 1. The molecule has 0 bridgehead atoms. The first-order valence-corrected chi connectivity index (χ1v) is 9.05. The predicted octanol–water partition coefficient (Wildman–Crippen LogP) is 3.23. The second kappa shape index (κ2) is 8.79. The number of amides is 1. The molecule has 0 aliphatic heterocycles. The summed E-state index contributed by atoms with van der Waals surface area (Å²) in [5.74, 6) is 0.344. The van der Waals surface area contributed by atoms with E-state index in [1.165, 1.54) is 23.7 Å². The van der Waals surface area contributed by atoms with Crippen molar-refractivity contribution in [2.24, 2.45) is 0 Å². The van der Waals surface area contributed by atoms with E-state index in [1.807, 2.05) is 6.07 Å². The average molecular weight is 317 g/mol. The van der Waals surface area contributed by atoms with E-state index in [4.69, 9.17) is 0 Å².